The van der Waals surface area contributed by atoms with Gasteiger partial charge in [-0.2, -0.15) is 0 Å². The van der Waals surface area contributed by atoms with E-state index in [1.165, 1.54) is 6.33 Å². The molecule has 2 aromatic heterocycles. The van der Waals surface area contributed by atoms with Crippen LogP contribution in [0.1, 0.15) is 27.4 Å². The Morgan fingerprint density at radius 2 is 1.93 bits per heavy atom. The maximum absolute atomic E-state index is 12.7. The maximum Gasteiger partial charge on any atom is 0.280 e. The molecular formula is C21H18ClN5O3. The third-order valence-corrected chi connectivity index (χ3v) is 4.60. The highest BCUT2D eigenvalue weighted by Crippen LogP contribution is 2.18. The Balaban J connectivity index is 1.42. The van der Waals surface area contributed by atoms with Gasteiger partial charge in [0.2, 0.25) is 5.95 Å². The maximum atomic E-state index is 12.7. The number of ether oxygens (including phenoxy) is 1. The number of amides is 1. The fourth-order valence-corrected chi connectivity index (χ4v) is 2.90. The minimum absolute atomic E-state index is 0.137. The molecule has 2 aromatic carbocycles. The van der Waals surface area contributed by atoms with Crippen LogP contribution < -0.4 is 10.1 Å². The number of para-hydroxylation sites is 1. The van der Waals surface area contributed by atoms with E-state index in [9.17, 15) is 4.79 Å². The highest BCUT2D eigenvalue weighted by Gasteiger charge is 2.21. The van der Waals surface area contributed by atoms with Gasteiger partial charge in [0.15, 0.2) is 5.69 Å². The number of nitrogens with one attached hydrogen (secondary N) is 1. The number of nitrogens with zero attached hydrogens (tertiary/aromatic N) is 4. The molecule has 4 aromatic rings. The first-order valence-electron chi connectivity index (χ1n) is 9.17. The normalized spacial score (nSPS) is 10.7. The highest BCUT2D eigenvalue weighted by atomic mass is 35.5. The Bertz CT molecular complexity index is 1140. The van der Waals surface area contributed by atoms with Gasteiger partial charge in [-0.1, -0.05) is 47.1 Å². The number of benzene rings is 2. The quantitative estimate of drug-likeness (QED) is 0.480. The summed E-state index contributed by atoms with van der Waals surface area (Å²) in [7, 11) is 0. The first kappa shape index (κ1) is 19.7. The molecule has 4 rings (SSSR count). The molecule has 1 N–H and O–H groups in total. The zero-order valence-electron chi connectivity index (χ0n) is 16.1. The molecule has 0 bridgehead atoms. The zero-order chi connectivity index (χ0) is 20.9. The number of hydrogen-bond donors (Lipinski definition) is 1. The van der Waals surface area contributed by atoms with Crippen LogP contribution in [0.3, 0.4) is 0 Å². The van der Waals surface area contributed by atoms with Crippen LogP contribution in [0.2, 0.25) is 5.02 Å². The summed E-state index contributed by atoms with van der Waals surface area (Å²) in [4.78, 5) is 16.8. The second-order valence-electron chi connectivity index (χ2n) is 6.51. The Labute approximate surface area is 177 Å². The molecule has 0 spiro atoms. The largest absolute Gasteiger partial charge is 0.489 e. The molecule has 0 atom stereocenters. The van der Waals surface area contributed by atoms with Crippen LogP contribution in [0.4, 0.5) is 5.95 Å². The third kappa shape index (κ3) is 4.66. The fraction of sp³-hybridized carbons (Fsp3) is 0.143. The lowest BCUT2D eigenvalue weighted by molar-refractivity contribution is 0.101. The molecule has 0 radical (unpaired) electrons. The van der Waals surface area contributed by atoms with Crippen molar-refractivity contribution in [1.29, 1.82) is 0 Å². The van der Waals surface area contributed by atoms with Crippen LogP contribution in [0, 0.1) is 6.92 Å². The lowest BCUT2D eigenvalue weighted by Crippen LogP contribution is -2.16. The van der Waals surface area contributed by atoms with E-state index in [-0.39, 0.29) is 18.2 Å². The number of carbonyl (C=O) groups excluding carboxylic acids is 1. The van der Waals surface area contributed by atoms with Gasteiger partial charge in [-0.05, 0) is 36.8 Å². The Hall–Kier alpha value is -3.65. The lowest BCUT2D eigenvalue weighted by Gasteiger charge is -2.06. The lowest BCUT2D eigenvalue weighted by atomic mass is 10.2. The molecule has 0 saturated heterocycles. The van der Waals surface area contributed by atoms with Gasteiger partial charge in [0.25, 0.3) is 5.91 Å². The summed E-state index contributed by atoms with van der Waals surface area (Å²) in [6.45, 7) is 2.38. The van der Waals surface area contributed by atoms with Gasteiger partial charge < -0.3 is 9.26 Å². The van der Waals surface area contributed by atoms with Gasteiger partial charge in [0.05, 0.1) is 12.1 Å². The van der Waals surface area contributed by atoms with E-state index in [1.54, 1.807) is 11.6 Å². The fourth-order valence-electron chi connectivity index (χ4n) is 2.78. The molecule has 2 heterocycles. The number of rotatable bonds is 7. The van der Waals surface area contributed by atoms with Crippen LogP contribution in [0.25, 0.3) is 0 Å². The van der Waals surface area contributed by atoms with Crippen molar-refractivity contribution in [2.75, 3.05) is 5.32 Å². The second kappa shape index (κ2) is 8.79. The first-order valence-corrected chi connectivity index (χ1v) is 9.54. The van der Waals surface area contributed by atoms with Crippen molar-refractivity contribution < 1.29 is 14.1 Å². The van der Waals surface area contributed by atoms with Crippen molar-refractivity contribution in [3.8, 4) is 5.75 Å². The van der Waals surface area contributed by atoms with E-state index in [0.717, 1.165) is 5.56 Å². The van der Waals surface area contributed by atoms with Gasteiger partial charge in [0.1, 0.15) is 24.4 Å². The van der Waals surface area contributed by atoms with E-state index in [0.29, 0.717) is 28.6 Å². The summed E-state index contributed by atoms with van der Waals surface area (Å²) in [6, 6.07) is 16.7. The molecule has 30 heavy (non-hydrogen) atoms. The van der Waals surface area contributed by atoms with Crippen LogP contribution in [-0.4, -0.2) is 25.8 Å². The summed E-state index contributed by atoms with van der Waals surface area (Å²) in [5.74, 6) is 0.900. The topological polar surface area (TPSA) is 95.1 Å². The molecule has 152 valence electrons. The van der Waals surface area contributed by atoms with E-state index in [2.05, 4.69) is 20.6 Å². The summed E-state index contributed by atoms with van der Waals surface area (Å²) in [5, 5.41) is 11.5. The highest BCUT2D eigenvalue weighted by molar-refractivity contribution is 6.30. The number of hydrogen-bond acceptors (Lipinski definition) is 6. The van der Waals surface area contributed by atoms with Crippen molar-refractivity contribution in [2.24, 2.45) is 0 Å². The summed E-state index contributed by atoms with van der Waals surface area (Å²) >= 11 is 5.90. The minimum atomic E-state index is -0.470. The van der Waals surface area contributed by atoms with Crippen molar-refractivity contribution in [1.82, 2.24) is 19.9 Å². The second-order valence-corrected chi connectivity index (χ2v) is 6.95. The van der Waals surface area contributed by atoms with Gasteiger partial charge >= 0.3 is 0 Å². The number of carbonyl (C=O) groups is 1. The molecule has 0 aliphatic heterocycles. The molecule has 0 saturated carbocycles. The van der Waals surface area contributed by atoms with E-state index in [4.69, 9.17) is 20.9 Å². The number of anilines is 1. The third-order valence-electron chi connectivity index (χ3n) is 4.35. The summed E-state index contributed by atoms with van der Waals surface area (Å²) in [6.07, 6.45) is 1.54. The zero-order valence-corrected chi connectivity index (χ0v) is 16.8. The van der Waals surface area contributed by atoms with Gasteiger partial charge in [-0.25, -0.2) is 9.67 Å². The smallest absolute Gasteiger partial charge is 0.280 e. The molecule has 0 fully saturated rings. The van der Waals surface area contributed by atoms with Gasteiger partial charge in [-0.3, -0.25) is 10.1 Å². The van der Waals surface area contributed by atoms with Crippen molar-refractivity contribution >= 4 is 23.5 Å². The summed E-state index contributed by atoms with van der Waals surface area (Å²) < 4.78 is 12.5. The van der Waals surface area contributed by atoms with Crippen LogP contribution in [-0.2, 0) is 13.2 Å². The Morgan fingerprint density at radius 1 is 1.17 bits per heavy atom. The van der Waals surface area contributed by atoms with Crippen LogP contribution in [0.5, 0.6) is 5.75 Å². The van der Waals surface area contributed by atoms with Crippen LogP contribution in [0.15, 0.2) is 65.4 Å². The average Bonchev–Trinajstić information content (AvgIpc) is 3.35. The molecule has 8 nitrogen and oxygen atoms in total. The molecule has 0 aliphatic carbocycles. The predicted octanol–water partition coefficient (Wildman–Crippen LogP) is 4.11. The van der Waals surface area contributed by atoms with Crippen molar-refractivity contribution in [2.45, 2.75) is 20.1 Å². The van der Waals surface area contributed by atoms with Gasteiger partial charge in [-0.15, -0.1) is 5.10 Å². The molecule has 0 aliphatic rings. The predicted molar refractivity (Wildman–Crippen MR) is 111 cm³/mol. The SMILES string of the molecule is Cc1onc(C(=O)Nc2ncn(Cc3ccc(Cl)cc3)n2)c1COc1ccccc1. The molecule has 9 heteroatoms. The average molecular weight is 424 g/mol. The van der Waals surface area contributed by atoms with Crippen LogP contribution >= 0.6 is 11.6 Å². The molecule has 0 unspecified atom stereocenters. The molecule has 1 amide bonds. The monoisotopic (exact) mass is 423 g/mol. The Kier molecular flexibility index (Phi) is 5.76. The molecular weight excluding hydrogens is 406 g/mol. The Morgan fingerprint density at radius 3 is 2.70 bits per heavy atom. The van der Waals surface area contributed by atoms with E-state index >= 15 is 0 Å². The minimum Gasteiger partial charge on any atom is -0.489 e. The van der Waals surface area contributed by atoms with Crippen molar-refractivity contribution in [3.63, 3.8) is 0 Å². The van der Waals surface area contributed by atoms with E-state index in [1.807, 2.05) is 54.6 Å². The van der Waals surface area contributed by atoms with E-state index < -0.39 is 5.91 Å². The first-order chi connectivity index (χ1) is 14.6. The number of aromatic nitrogens is 4. The van der Waals surface area contributed by atoms with Gasteiger partial charge in [0, 0.05) is 5.02 Å². The van der Waals surface area contributed by atoms with Crippen molar-refractivity contribution in [3.05, 3.63) is 88.5 Å². The number of aryl methyl sites for hydroxylation is 1. The number of halogens is 1. The summed E-state index contributed by atoms with van der Waals surface area (Å²) in [5.41, 5.74) is 1.71. The standard InChI is InChI=1S/C21H18ClN5O3/c1-14-18(12-29-17-5-3-2-4-6-17)19(26-30-14)20(28)24-21-23-13-27(25-21)11-15-7-9-16(22)10-8-15/h2-10,13H,11-12H2,1H3,(H,24,25,28).